The summed E-state index contributed by atoms with van der Waals surface area (Å²) in [6.07, 6.45) is 1.88. The van der Waals surface area contributed by atoms with Gasteiger partial charge in [-0.05, 0) is 67.7 Å². The number of aromatic nitrogens is 1. The fourth-order valence-electron chi connectivity index (χ4n) is 5.91. The van der Waals surface area contributed by atoms with Crippen molar-refractivity contribution >= 4 is 40.1 Å². The van der Waals surface area contributed by atoms with E-state index >= 15 is 0 Å². The second kappa shape index (κ2) is 14.0. The highest BCUT2D eigenvalue weighted by Crippen LogP contribution is 2.29. The van der Waals surface area contributed by atoms with E-state index in [9.17, 15) is 18.8 Å². The predicted octanol–water partition coefficient (Wildman–Crippen LogP) is 4.71. The average Bonchev–Trinajstić information content (AvgIpc) is 3.47. The highest BCUT2D eigenvalue weighted by Gasteiger charge is 2.33. The van der Waals surface area contributed by atoms with Gasteiger partial charge in [0.1, 0.15) is 11.9 Å². The van der Waals surface area contributed by atoms with Crippen LogP contribution in [0.3, 0.4) is 0 Å². The lowest BCUT2D eigenvalue weighted by atomic mass is 9.92. The zero-order valence-electron chi connectivity index (χ0n) is 27.0. The Balaban J connectivity index is 1.41. The van der Waals surface area contributed by atoms with Gasteiger partial charge < -0.3 is 35.2 Å². The van der Waals surface area contributed by atoms with Gasteiger partial charge in [0.05, 0.1) is 11.3 Å². The molecule has 4 aromatic rings. The third-order valence-corrected chi connectivity index (χ3v) is 8.41. The van der Waals surface area contributed by atoms with E-state index in [-0.39, 0.29) is 17.8 Å². The highest BCUT2D eigenvalue weighted by atomic mass is 19.1. The monoisotopic (exact) mass is 627 g/mol. The Morgan fingerprint density at radius 1 is 0.935 bits per heavy atom. The van der Waals surface area contributed by atoms with Crippen LogP contribution in [0.2, 0.25) is 0 Å². The number of para-hydroxylation sites is 1. The topological polar surface area (TPSA) is 104 Å². The van der Waals surface area contributed by atoms with Crippen LogP contribution in [0.15, 0.2) is 72.9 Å². The standard InChI is InChI=1S/C35H42FN7O3/c1-23(29-21-37-30-9-7-6-8-27(29)30)32(39-35(46)43-18-16-42(17-19-43)26-13-11-25(36)12-14-26)33(44)38-31-20-24(22-40(2)3)10-15-28(31)34(45)41(4)5/h6-15,20-21,23,32,37H,16-19,22H2,1-5H3,(H,38,44)(H,39,46)/t23-,32+/m0/s1. The van der Waals surface area contributed by atoms with Crippen molar-refractivity contribution in [3.05, 3.63) is 95.4 Å². The number of carbonyl (C=O) groups is 3. The summed E-state index contributed by atoms with van der Waals surface area (Å²) in [5, 5.41) is 7.00. The Bertz CT molecular complexity index is 1690. The van der Waals surface area contributed by atoms with E-state index in [1.54, 1.807) is 37.2 Å². The van der Waals surface area contributed by atoms with Crippen LogP contribution in [0.5, 0.6) is 0 Å². The minimum Gasteiger partial charge on any atom is -0.368 e. The Morgan fingerprint density at radius 3 is 2.30 bits per heavy atom. The molecule has 1 aromatic heterocycles. The summed E-state index contributed by atoms with van der Waals surface area (Å²) in [7, 11) is 7.23. The van der Waals surface area contributed by atoms with Crippen molar-refractivity contribution in [3.63, 3.8) is 0 Å². The third-order valence-electron chi connectivity index (χ3n) is 8.41. The van der Waals surface area contributed by atoms with E-state index in [4.69, 9.17) is 0 Å². The van der Waals surface area contributed by atoms with Crippen molar-refractivity contribution in [2.75, 3.05) is 64.6 Å². The molecule has 1 aliphatic rings. The molecule has 46 heavy (non-hydrogen) atoms. The van der Waals surface area contributed by atoms with Crippen LogP contribution >= 0.6 is 0 Å². The normalized spacial score (nSPS) is 14.7. The molecule has 1 aliphatic heterocycles. The first-order chi connectivity index (χ1) is 22.0. The van der Waals surface area contributed by atoms with Gasteiger partial charge in [0.15, 0.2) is 0 Å². The molecule has 3 N–H and O–H groups in total. The second-order valence-electron chi connectivity index (χ2n) is 12.3. The molecule has 11 heteroatoms. The summed E-state index contributed by atoms with van der Waals surface area (Å²) in [6.45, 7) is 4.56. The summed E-state index contributed by atoms with van der Waals surface area (Å²) in [4.78, 5) is 51.6. The molecule has 1 fully saturated rings. The number of halogens is 1. The molecule has 4 amide bonds. The number of aromatic amines is 1. The molecule has 0 spiro atoms. The van der Waals surface area contributed by atoms with E-state index in [1.807, 2.05) is 68.5 Å². The zero-order valence-corrected chi connectivity index (χ0v) is 27.0. The number of H-pyrrole nitrogens is 1. The molecule has 0 saturated carbocycles. The molecular formula is C35H42FN7O3. The van der Waals surface area contributed by atoms with Gasteiger partial charge in [0.2, 0.25) is 5.91 Å². The maximum absolute atomic E-state index is 14.2. The number of carbonyl (C=O) groups excluding carboxylic acids is 3. The Hall–Kier alpha value is -4.90. The summed E-state index contributed by atoms with van der Waals surface area (Å²) < 4.78 is 13.4. The van der Waals surface area contributed by atoms with Gasteiger partial charge in [-0.25, -0.2) is 9.18 Å². The van der Waals surface area contributed by atoms with E-state index in [0.717, 1.165) is 27.7 Å². The number of urea groups is 1. The van der Waals surface area contributed by atoms with Gasteiger partial charge in [0, 0.05) is 75.5 Å². The summed E-state index contributed by atoms with van der Waals surface area (Å²) in [5.41, 5.74) is 4.40. The lowest BCUT2D eigenvalue weighted by molar-refractivity contribution is -0.118. The van der Waals surface area contributed by atoms with Crippen LogP contribution in [0.4, 0.5) is 20.6 Å². The number of nitrogens with zero attached hydrogens (tertiary/aromatic N) is 4. The maximum Gasteiger partial charge on any atom is 0.318 e. The van der Waals surface area contributed by atoms with Crippen molar-refractivity contribution in [1.29, 1.82) is 0 Å². The van der Waals surface area contributed by atoms with Gasteiger partial charge in [-0.2, -0.15) is 0 Å². The minimum absolute atomic E-state index is 0.240. The Morgan fingerprint density at radius 2 is 1.63 bits per heavy atom. The number of rotatable bonds is 9. The molecule has 1 saturated heterocycles. The number of amides is 4. The first-order valence-electron chi connectivity index (χ1n) is 15.4. The molecule has 2 atom stereocenters. The molecule has 242 valence electrons. The van der Waals surface area contributed by atoms with E-state index in [0.29, 0.717) is 44.0 Å². The summed E-state index contributed by atoms with van der Waals surface area (Å²) in [6, 6.07) is 18.3. The van der Waals surface area contributed by atoms with E-state index in [2.05, 4.69) is 20.5 Å². The van der Waals surface area contributed by atoms with Gasteiger partial charge in [-0.1, -0.05) is 31.2 Å². The molecule has 3 aromatic carbocycles. The van der Waals surface area contributed by atoms with Gasteiger partial charge in [-0.15, -0.1) is 0 Å². The summed E-state index contributed by atoms with van der Waals surface area (Å²) >= 11 is 0. The van der Waals surface area contributed by atoms with Crippen molar-refractivity contribution in [3.8, 4) is 0 Å². The van der Waals surface area contributed by atoms with Crippen molar-refractivity contribution < 1.29 is 18.8 Å². The van der Waals surface area contributed by atoms with Crippen LogP contribution in [0.25, 0.3) is 10.9 Å². The number of hydrogen-bond acceptors (Lipinski definition) is 5. The minimum atomic E-state index is -0.957. The summed E-state index contributed by atoms with van der Waals surface area (Å²) in [5.74, 6) is -1.38. The maximum atomic E-state index is 14.2. The molecule has 0 bridgehead atoms. The molecule has 0 unspecified atom stereocenters. The molecule has 2 heterocycles. The Kier molecular flexibility index (Phi) is 9.91. The van der Waals surface area contributed by atoms with E-state index < -0.39 is 17.9 Å². The second-order valence-corrected chi connectivity index (χ2v) is 12.3. The lowest BCUT2D eigenvalue weighted by Gasteiger charge is -2.37. The van der Waals surface area contributed by atoms with Crippen LogP contribution in [0, 0.1) is 5.82 Å². The number of benzene rings is 3. The van der Waals surface area contributed by atoms with Crippen LogP contribution in [-0.2, 0) is 11.3 Å². The molecule has 0 aliphatic carbocycles. The van der Waals surface area contributed by atoms with Gasteiger partial charge >= 0.3 is 6.03 Å². The van der Waals surface area contributed by atoms with E-state index in [1.165, 1.54) is 17.0 Å². The third kappa shape index (κ3) is 7.31. The van der Waals surface area contributed by atoms with Crippen LogP contribution < -0.4 is 15.5 Å². The SMILES string of the molecule is C[C@@H](c1c[nH]c2ccccc12)[C@@H](NC(=O)N1CCN(c2ccc(F)cc2)CC1)C(=O)Nc1cc(CN(C)C)ccc1C(=O)N(C)C. The van der Waals surface area contributed by atoms with Crippen molar-refractivity contribution in [1.82, 2.24) is 25.0 Å². The van der Waals surface area contributed by atoms with Crippen LogP contribution in [0.1, 0.15) is 34.3 Å². The first kappa shape index (κ1) is 32.5. The number of hydrogen-bond donors (Lipinski definition) is 3. The molecule has 0 radical (unpaired) electrons. The van der Waals surface area contributed by atoms with Crippen LogP contribution in [-0.4, -0.2) is 97.9 Å². The zero-order chi connectivity index (χ0) is 33.0. The number of nitrogens with one attached hydrogen (secondary N) is 3. The number of fused-ring (bicyclic) bond motifs is 1. The number of piperazine rings is 1. The van der Waals surface area contributed by atoms with Crippen molar-refractivity contribution in [2.24, 2.45) is 0 Å². The molecular weight excluding hydrogens is 585 g/mol. The average molecular weight is 628 g/mol. The first-order valence-corrected chi connectivity index (χ1v) is 15.4. The molecule has 5 rings (SSSR count). The number of anilines is 2. The lowest BCUT2D eigenvalue weighted by Crippen LogP contribution is -2.56. The molecule has 10 nitrogen and oxygen atoms in total. The predicted molar refractivity (Wildman–Crippen MR) is 180 cm³/mol. The fourth-order valence-corrected chi connectivity index (χ4v) is 5.91. The smallest absolute Gasteiger partial charge is 0.318 e. The largest absolute Gasteiger partial charge is 0.368 e. The fraction of sp³-hybridized carbons (Fsp3) is 0.343. The van der Waals surface area contributed by atoms with Crippen molar-refractivity contribution in [2.45, 2.75) is 25.4 Å². The Labute approximate surface area is 269 Å². The van der Waals surface area contributed by atoms with Gasteiger partial charge in [0.25, 0.3) is 5.91 Å². The van der Waals surface area contributed by atoms with Gasteiger partial charge in [-0.3, -0.25) is 9.59 Å². The quantitative estimate of drug-likeness (QED) is 0.249. The highest BCUT2D eigenvalue weighted by molar-refractivity contribution is 6.06.